The van der Waals surface area contributed by atoms with Crippen LogP contribution in [0, 0.1) is 6.92 Å². The number of carbonyl (C=O) groups is 4. The summed E-state index contributed by atoms with van der Waals surface area (Å²) in [5, 5.41) is 0.262. The molecule has 0 spiro atoms. The molecule has 11 heteroatoms. The summed E-state index contributed by atoms with van der Waals surface area (Å²) in [5.74, 6) is -2.58. The Morgan fingerprint density at radius 1 is 0.875 bits per heavy atom. The van der Waals surface area contributed by atoms with Crippen molar-refractivity contribution >= 4 is 35.5 Å². The predicted octanol–water partition coefficient (Wildman–Crippen LogP) is 2.11. The van der Waals surface area contributed by atoms with Gasteiger partial charge in [-0.15, -0.1) is 0 Å². The average Bonchev–Trinajstić information content (AvgIpc) is 2.65. The van der Waals surface area contributed by atoms with Crippen LogP contribution in [0.25, 0.3) is 0 Å². The molecule has 0 amide bonds. The molecule has 0 radical (unpaired) electrons. The van der Waals surface area contributed by atoms with Crippen LogP contribution in [0.3, 0.4) is 0 Å². The molecule has 0 unspecified atom stereocenters. The Kier molecular flexibility index (Phi) is 8.85. The van der Waals surface area contributed by atoms with Crippen molar-refractivity contribution in [1.29, 1.82) is 0 Å². The molecule has 1 aliphatic heterocycles. The van der Waals surface area contributed by atoms with Crippen molar-refractivity contribution in [2.45, 2.75) is 65.3 Å². The molecule has 0 N–H and O–H groups in total. The number of carbonyl (C=O) groups excluding carboxylic acids is 4. The lowest BCUT2D eigenvalue weighted by molar-refractivity contribution is -0.288. The first-order chi connectivity index (χ1) is 15.0. The van der Waals surface area contributed by atoms with Crippen LogP contribution in [0.15, 0.2) is 18.2 Å². The Bertz CT molecular complexity index is 870. The van der Waals surface area contributed by atoms with Crippen LogP contribution < -0.4 is 4.74 Å². The van der Waals surface area contributed by atoms with Crippen LogP contribution in [-0.4, -0.2) is 61.2 Å². The van der Waals surface area contributed by atoms with Gasteiger partial charge in [-0.05, 0) is 24.6 Å². The predicted molar refractivity (Wildman–Crippen MR) is 109 cm³/mol. The van der Waals surface area contributed by atoms with E-state index in [2.05, 4.69) is 0 Å². The largest absolute Gasteiger partial charge is 0.463 e. The van der Waals surface area contributed by atoms with E-state index in [1.54, 1.807) is 18.2 Å². The topological polar surface area (TPSA) is 124 Å². The molecule has 0 aromatic heterocycles. The highest BCUT2D eigenvalue weighted by atomic mass is 35.5. The van der Waals surface area contributed by atoms with Gasteiger partial charge in [0.25, 0.3) is 0 Å². The zero-order valence-electron chi connectivity index (χ0n) is 18.3. The first-order valence-electron chi connectivity index (χ1n) is 9.71. The first kappa shape index (κ1) is 25.4. The lowest BCUT2D eigenvalue weighted by Crippen LogP contribution is -2.63. The molecule has 2 rings (SSSR count). The summed E-state index contributed by atoms with van der Waals surface area (Å²) in [5.41, 5.74) is 0.879. The molecule has 0 aliphatic carbocycles. The first-order valence-corrected chi connectivity index (χ1v) is 10.1. The van der Waals surface area contributed by atoms with Gasteiger partial charge in [0.05, 0.1) is 5.02 Å². The van der Waals surface area contributed by atoms with Gasteiger partial charge in [-0.3, -0.25) is 19.2 Å². The van der Waals surface area contributed by atoms with E-state index in [4.69, 9.17) is 40.0 Å². The van der Waals surface area contributed by atoms with Crippen molar-refractivity contribution in [3.05, 3.63) is 28.8 Å². The zero-order chi connectivity index (χ0) is 24.0. The minimum absolute atomic E-state index is 0.207. The lowest BCUT2D eigenvalue weighted by atomic mass is 9.98. The molecular formula is C21H25ClO10. The molecule has 1 heterocycles. The van der Waals surface area contributed by atoms with Crippen LogP contribution in [0.4, 0.5) is 0 Å². The Hall–Kier alpha value is -2.85. The fourth-order valence-corrected chi connectivity index (χ4v) is 3.39. The number of aryl methyl sites for hydroxylation is 1. The number of hydrogen-bond donors (Lipinski definition) is 0. The highest BCUT2D eigenvalue weighted by Gasteiger charge is 2.53. The van der Waals surface area contributed by atoms with E-state index in [9.17, 15) is 19.2 Å². The highest BCUT2D eigenvalue weighted by Crippen LogP contribution is 2.33. The van der Waals surface area contributed by atoms with Crippen molar-refractivity contribution in [3.8, 4) is 5.75 Å². The van der Waals surface area contributed by atoms with E-state index in [0.717, 1.165) is 26.3 Å². The van der Waals surface area contributed by atoms with Crippen LogP contribution in [0.2, 0.25) is 5.02 Å². The van der Waals surface area contributed by atoms with Gasteiger partial charge in [0.1, 0.15) is 18.5 Å². The maximum absolute atomic E-state index is 11.8. The van der Waals surface area contributed by atoms with Gasteiger partial charge in [-0.1, -0.05) is 17.7 Å². The quantitative estimate of drug-likeness (QED) is 0.430. The summed E-state index contributed by atoms with van der Waals surface area (Å²) in [7, 11) is 0. The SMILES string of the molecule is CC(=O)OC[C@H]1O[C@H](Oc2ccc(C)cc2Cl)[C@H](OC(C)=O)[C@@H](OC(C)=O)[C@H]1OC(C)=O. The number of hydrogen-bond acceptors (Lipinski definition) is 10. The second-order valence-corrected chi connectivity index (χ2v) is 7.53. The number of rotatable bonds is 7. The molecule has 1 aromatic rings. The summed E-state index contributed by atoms with van der Waals surface area (Å²) in [6, 6.07) is 4.99. The van der Waals surface area contributed by atoms with Gasteiger partial charge in [0.2, 0.25) is 12.4 Å². The average molecular weight is 473 g/mol. The molecule has 1 aliphatic rings. The molecule has 1 fully saturated rings. The Morgan fingerprint density at radius 2 is 1.44 bits per heavy atom. The molecule has 32 heavy (non-hydrogen) atoms. The van der Waals surface area contributed by atoms with Gasteiger partial charge < -0.3 is 28.4 Å². The Morgan fingerprint density at radius 3 is 1.97 bits per heavy atom. The molecular weight excluding hydrogens is 448 g/mol. The van der Waals surface area contributed by atoms with E-state index < -0.39 is 54.6 Å². The standard InChI is InChI=1S/C21H25ClO10/c1-10-6-7-16(15(22)8-10)31-21-20(30-14(5)26)19(29-13(4)25)18(28-12(3)24)17(32-21)9-27-11(2)23/h6-8,17-21H,9H2,1-5H3/t17-,18+,19+,20-,21+/m1/s1. The summed E-state index contributed by atoms with van der Waals surface area (Å²) in [4.78, 5) is 46.7. The van der Waals surface area contributed by atoms with Crippen LogP contribution in [0.5, 0.6) is 5.75 Å². The monoisotopic (exact) mass is 472 g/mol. The zero-order valence-corrected chi connectivity index (χ0v) is 19.0. The van der Waals surface area contributed by atoms with Gasteiger partial charge in [0.15, 0.2) is 12.2 Å². The van der Waals surface area contributed by atoms with Crippen LogP contribution in [0.1, 0.15) is 33.3 Å². The Labute approximate surface area is 190 Å². The van der Waals surface area contributed by atoms with Crippen LogP contribution in [-0.2, 0) is 42.9 Å². The third-order valence-corrected chi connectivity index (χ3v) is 4.57. The van der Waals surface area contributed by atoms with E-state index in [1.807, 2.05) is 6.92 Å². The van der Waals surface area contributed by atoms with Crippen molar-refractivity contribution < 1.29 is 47.6 Å². The highest BCUT2D eigenvalue weighted by molar-refractivity contribution is 6.32. The van der Waals surface area contributed by atoms with Gasteiger partial charge >= 0.3 is 23.9 Å². The molecule has 0 saturated carbocycles. The molecule has 1 saturated heterocycles. The Balaban J connectivity index is 2.47. The summed E-state index contributed by atoms with van der Waals surface area (Å²) >= 11 is 6.25. The number of benzene rings is 1. The van der Waals surface area contributed by atoms with Gasteiger partial charge in [-0.2, -0.15) is 0 Å². The lowest BCUT2D eigenvalue weighted by Gasteiger charge is -2.44. The summed E-state index contributed by atoms with van der Waals surface area (Å²) in [6.45, 7) is 6.10. The number of esters is 4. The molecule has 1 aromatic carbocycles. The second-order valence-electron chi connectivity index (χ2n) is 7.12. The van der Waals surface area contributed by atoms with E-state index in [1.165, 1.54) is 6.92 Å². The third-order valence-electron chi connectivity index (χ3n) is 4.28. The van der Waals surface area contributed by atoms with Gasteiger partial charge in [-0.25, -0.2) is 0 Å². The van der Waals surface area contributed by atoms with Crippen molar-refractivity contribution in [2.24, 2.45) is 0 Å². The minimum atomic E-state index is -1.34. The smallest absolute Gasteiger partial charge is 0.303 e. The summed E-state index contributed by atoms with van der Waals surface area (Å²) in [6.07, 6.45) is -6.34. The fraction of sp³-hybridized carbons (Fsp3) is 0.524. The van der Waals surface area contributed by atoms with Crippen molar-refractivity contribution in [1.82, 2.24) is 0 Å². The second kappa shape index (κ2) is 11.1. The van der Waals surface area contributed by atoms with E-state index in [0.29, 0.717) is 0 Å². The van der Waals surface area contributed by atoms with Crippen molar-refractivity contribution in [3.63, 3.8) is 0 Å². The normalized spacial score (nSPS) is 24.8. The van der Waals surface area contributed by atoms with E-state index in [-0.39, 0.29) is 17.4 Å². The molecule has 0 bridgehead atoms. The minimum Gasteiger partial charge on any atom is -0.463 e. The van der Waals surface area contributed by atoms with Crippen molar-refractivity contribution in [2.75, 3.05) is 6.61 Å². The maximum Gasteiger partial charge on any atom is 0.303 e. The van der Waals surface area contributed by atoms with Crippen LogP contribution >= 0.6 is 11.6 Å². The van der Waals surface area contributed by atoms with Gasteiger partial charge in [0, 0.05) is 27.7 Å². The van der Waals surface area contributed by atoms with E-state index >= 15 is 0 Å². The molecule has 10 nitrogen and oxygen atoms in total. The summed E-state index contributed by atoms with van der Waals surface area (Å²) < 4.78 is 32.7. The molecule has 176 valence electrons. The number of ether oxygens (including phenoxy) is 6. The fourth-order valence-electron chi connectivity index (χ4n) is 3.11. The number of halogens is 1. The molecule has 5 atom stereocenters. The maximum atomic E-state index is 11.8. The third kappa shape index (κ3) is 7.10.